The number of carbonyl (C=O) groups is 1. The lowest BCUT2D eigenvalue weighted by Gasteiger charge is -2.11. The molecule has 0 atom stereocenters. The fourth-order valence-corrected chi connectivity index (χ4v) is 2.47. The van der Waals surface area contributed by atoms with Crippen molar-refractivity contribution in [3.63, 3.8) is 0 Å². The van der Waals surface area contributed by atoms with Crippen LogP contribution in [0.2, 0.25) is 0 Å². The maximum Gasteiger partial charge on any atom is 0.365 e. The molecule has 0 aliphatic carbocycles. The Morgan fingerprint density at radius 2 is 1.71 bits per heavy atom. The lowest BCUT2D eigenvalue weighted by atomic mass is 10.1. The molecule has 0 aliphatic rings. The van der Waals surface area contributed by atoms with Gasteiger partial charge in [-0.25, -0.2) is 14.8 Å². The summed E-state index contributed by atoms with van der Waals surface area (Å²) in [7, 11) is 0. The molecule has 0 aromatic carbocycles. The van der Waals surface area contributed by atoms with Crippen LogP contribution in [-0.2, 0) is 0 Å². The van der Waals surface area contributed by atoms with Gasteiger partial charge in [-0.05, 0) is 6.42 Å². The Balaban J connectivity index is 1.99. The summed E-state index contributed by atoms with van der Waals surface area (Å²) in [5.41, 5.74) is 5.45. The SMILES string of the molecule is CCCCCCCCCCCCNC(=O)Nc1nccc(N)[n+]1[O-]. The van der Waals surface area contributed by atoms with Gasteiger partial charge in [-0.15, -0.1) is 4.98 Å². The quantitative estimate of drug-likeness (QED) is 0.309. The number of nitrogen functional groups attached to an aromatic ring is 1. The summed E-state index contributed by atoms with van der Waals surface area (Å²) in [6.45, 7) is 2.82. The summed E-state index contributed by atoms with van der Waals surface area (Å²) in [5.74, 6) is -0.120. The second-order valence-electron chi connectivity index (χ2n) is 6.05. The van der Waals surface area contributed by atoms with E-state index >= 15 is 0 Å². The van der Waals surface area contributed by atoms with E-state index in [1.54, 1.807) is 0 Å². The third-order valence-corrected chi connectivity index (χ3v) is 3.91. The third-order valence-electron chi connectivity index (χ3n) is 3.91. The maximum atomic E-state index is 11.7. The zero-order chi connectivity index (χ0) is 17.6. The number of nitrogens with two attached hydrogens (primary N) is 1. The molecule has 1 heterocycles. The Bertz CT molecular complexity index is 482. The maximum absolute atomic E-state index is 11.7. The number of nitrogens with zero attached hydrogens (tertiary/aromatic N) is 2. The summed E-state index contributed by atoms with van der Waals surface area (Å²) in [4.78, 5) is 15.5. The van der Waals surface area contributed by atoms with Gasteiger partial charge >= 0.3 is 12.0 Å². The fraction of sp³-hybridized carbons (Fsp3) is 0.706. The summed E-state index contributed by atoms with van der Waals surface area (Å²) in [6, 6.07) is 0.938. The Morgan fingerprint density at radius 1 is 1.12 bits per heavy atom. The van der Waals surface area contributed by atoms with E-state index in [9.17, 15) is 10.0 Å². The van der Waals surface area contributed by atoms with E-state index in [0.717, 1.165) is 12.8 Å². The fourth-order valence-electron chi connectivity index (χ4n) is 2.47. The molecule has 0 spiro atoms. The van der Waals surface area contributed by atoms with Crippen LogP contribution in [0.3, 0.4) is 0 Å². The van der Waals surface area contributed by atoms with Gasteiger partial charge < -0.3 is 16.3 Å². The number of nitrogens with one attached hydrogen (secondary N) is 2. The van der Waals surface area contributed by atoms with Gasteiger partial charge in [-0.3, -0.25) is 0 Å². The lowest BCUT2D eigenvalue weighted by molar-refractivity contribution is -0.577. The number of rotatable bonds is 12. The van der Waals surface area contributed by atoms with Crippen molar-refractivity contribution in [3.05, 3.63) is 17.5 Å². The normalized spacial score (nSPS) is 10.5. The average molecular weight is 337 g/mol. The predicted octanol–water partition coefficient (Wildman–Crippen LogP) is 3.34. The highest BCUT2D eigenvalue weighted by atomic mass is 16.5. The summed E-state index contributed by atoms with van der Waals surface area (Å²) >= 11 is 0. The second-order valence-corrected chi connectivity index (χ2v) is 6.05. The molecule has 0 saturated heterocycles. The van der Waals surface area contributed by atoms with Crippen LogP contribution in [0.15, 0.2) is 12.3 Å². The van der Waals surface area contributed by atoms with Gasteiger partial charge in [0.2, 0.25) is 0 Å². The van der Waals surface area contributed by atoms with E-state index in [0.29, 0.717) is 11.3 Å². The average Bonchev–Trinajstić information content (AvgIpc) is 2.57. The van der Waals surface area contributed by atoms with Gasteiger partial charge in [-0.2, -0.15) is 0 Å². The minimum absolute atomic E-state index is 0.00464. The van der Waals surface area contributed by atoms with Crippen molar-refractivity contribution in [2.75, 3.05) is 17.6 Å². The molecule has 2 amide bonds. The van der Waals surface area contributed by atoms with Gasteiger partial charge in [0.15, 0.2) is 5.82 Å². The number of aromatic nitrogens is 2. The molecule has 4 N–H and O–H groups in total. The minimum Gasteiger partial charge on any atom is -0.754 e. The number of carbonyl (C=O) groups excluding carboxylic acids is 1. The van der Waals surface area contributed by atoms with E-state index in [2.05, 4.69) is 22.5 Å². The molecule has 24 heavy (non-hydrogen) atoms. The molecule has 0 saturated carbocycles. The zero-order valence-corrected chi connectivity index (χ0v) is 14.7. The van der Waals surface area contributed by atoms with Crippen LogP contribution in [-0.4, -0.2) is 17.6 Å². The minimum atomic E-state index is -0.436. The number of urea groups is 1. The zero-order valence-electron chi connectivity index (χ0n) is 14.7. The molecule has 0 bridgehead atoms. The van der Waals surface area contributed by atoms with E-state index in [1.165, 1.54) is 63.6 Å². The van der Waals surface area contributed by atoms with Crippen LogP contribution in [0.1, 0.15) is 71.1 Å². The highest BCUT2D eigenvalue weighted by Gasteiger charge is 2.10. The molecule has 136 valence electrons. The van der Waals surface area contributed by atoms with Crippen molar-refractivity contribution in [2.45, 2.75) is 71.1 Å². The Hall–Kier alpha value is -2.05. The molecular formula is C17H31N5O2. The van der Waals surface area contributed by atoms with Crippen LogP contribution in [0.4, 0.5) is 16.6 Å². The van der Waals surface area contributed by atoms with Crippen molar-refractivity contribution in [2.24, 2.45) is 0 Å². The Labute approximate surface area is 144 Å². The first-order valence-electron chi connectivity index (χ1n) is 9.04. The first-order chi connectivity index (χ1) is 11.6. The summed E-state index contributed by atoms with van der Waals surface area (Å²) in [5, 5.41) is 16.7. The van der Waals surface area contributed by atoms with Crippen LogP contribution in [0, 0.1) is 5.21 Å². The number of unbranched alkanes of at least 4 members (excludes halogenated alkanes) is 9. The molecule has 1 aromatic heterocycles. The standard InChI is InChI=1S/C17H31N5O2/c1-2-3-4-5-6-7-8-9-10-11-13-20-17(23)21-16-19-14-12-15(18)22(16)24/h12,14H,2-11,13,18H2,1H3,(H2,19,20,21,23). The van der Waals surface area contributed by atoms with E-state index in [4.69, 9.17) is 5.73 Å². The van der Waals surface area contributed by atoms with Gasteiger partial charge in [0.05, 0.1) is 6.20 Å². The summed E-state index contributed by atoms with van der Waals surface area (Å²) < 4.78 is 0.389. The molecule has 7 nitrogen and oxygen atoms in total. The molecule has 1 rings (SSSR count). The van der Waals surface area contributed by atoms with Crippen molar-refractivity contribution >= 4 is 17.8 Å². The van der Waals surface area contributed by atoms with Crippen LogP contribution < -0.4 is 21.1 Å². The molecule has 0 radical (unpaired) electrons. The molecular weight excluding hydrogens is 306 g/mol. The van der Waals surface area contributed by atoms with E-state index in [1.807, 2.05) is 0 Å². The topological polar surface area (TPSA) is 107 Å². The lowest BCUT2D eigenvalue weighted by Crippen LogP contribution is -2.40. The van der Waals surface area contributed by atoms with Gasteiger partial charge in [0.1, 0.15) is 0 Å². The molecule has 1 aromatic rings. The predicted molar refractivity (Wildman–Crippen MR) is 96.5 cm³/mol. The first-order valence-corrected chi connectivity index (χ1v) is 9.04. The van der Waals surface area contributed by atoms with Crippen molar-refractivity contribution < 1.29 is 9.52 Å². The highest BCUT2D eigenvalue weighted by molar-refractivity contribution is 5.86. The van der Waals surface area contributed by atoms with E-state index in [-0.39, 0.29) is 11.8 Å². The van der Waals surface area contributed by atoms with Gasteiger partial charge in [-0.1, -0.05) is 64.7 Å². The van der Waals surface area contributed by atoms with Crippen LogP contribution >= 0.6 is 0 Å². The van der Waals surface area contributed by atoms with Crippen molar-refractivity contribution in [3.8, 4) is 0 Å². The number of amides is 2. The second kappa shape index (κ2) is 12.4. The Morgan fingerprint density at radius 3 is 2.33 bits per heavy atom. The number of anilines is 2. The number of hydrogen-bond donors (Lipinski definition) is 3. The summed E-state index contributed by atoms with van der Waals surface area (Å²) in [6.07, 6.45) is 13.9. The van der Waals surface area contributed by atoms with Gasteiger partial charge in [0.25, 0.3) is 0 Å². The Kier molecular flexibility index (Phi) is 10.3. The van der Waals surface area contributed by atoms with Crippen molar-refractivity contribution in [1.29, 1.82) is 0 Å². The van der Waals surface area contributed by atoms with Crippen LogP contribution in [0.25, 0.3) is 0 Å². The molecule has 0 fully saturated rings. The van der Waals surface area contributed by atoms with Crippen LogP contribution in [0.5, 0.6) is 0 Å². The van der Waals surface area contributed by atoms with E-state index < -0.39 is 6.03 Å². The highest BCUT2D eigenvalue weighted by Crippen LogP contribution is 2.10. The first kappa shape index (κ1) is 20.0. The molecule has 0 aliphatic heterocycles. The third kappa shape index (κ3) is 8.55. The largest absolute Gasteiger partial charge is 0.754 e. The number of hydrogen-bond acceptors (Lipinski definition) is 4. The van der Waals surface area contributed by atoms with Crippen molar-refractivity contribution in [1.82, 2.24) is 10.3 Å². The molecule has 0 unspecified atom stereocenters. The molecule has 7 heteroatoms. The monoisotopic (exact) mass is 337 g/mol. The van der Waals surface area contributed by atoms with Gasteiger partial charge in [0, 0.05) is 12.6 Å². The smallest absolute Gasteiger partial charge is 0.365 e.